The minimum Gasteiger partial charge on any atom is -0.395 e. The lowest BCUT2D eigenvalue weighted by molar-refractivity contribution is 0.205. The van der Waals surface area contributed by atoms with Crippen LogP contribution >= 0.6 is 0 Å². The van der Waals surface area contributed by atoms with E-state index in [1.54, 1.807) is 0 Å². The Kier molecular flexibility index (Phi) is 3.28. The fraction of sp³-hybridized carbons (Fsp3) is 0.600. The first kappa shape index (κ1) is 12.6. The van der Waals surface area contributed by atoms with Crippen LogP contribution in [0.4, 0.5) is 0 Å². The first-order chi connectivity index (χ1) is 7.98. The number of hydrogen-bond acceptors (Lipinski definition) is 2. The Hall–Kier alpha value is -0.860. The van der Waals surface area contributed by atoms with Gasteiger partial charge >= 0.3 is 0 Å². The van der Waals surface area contributed by atoms with E-state index in [1.165, 1.54) is 11.1 Å². The molecular formula is C15H23NO. The third kappa shape index (κ3) is 2.38. The third-order valence-electron chi connectivity index (χ3n) is 3.91. The monoisotopic (exact) mass is 233 g/mol. The number of aliphatic hydroxyl groups is 1. The molecule has 1 aliphatic rings. The minimum atomic E-state index is -0.0591. The molecule has 2 N–H and O–H groups in total. The zero-order valence-corrected chi connectivity index (χ0v) is 11.1. The molecule has 0 bridgehead atoms. The Morgan fingerprint density at radius 1 is 1.24 bits per heavy atom. The highest BCUT2D eigenvalue weighted by molar-refractivity contribution is 5.33. The highest BCUT2D eigenvalue weighted by Crippen LogP contribution is 2.32. The molecule has 1 saturated heterocycles. The molecule has 1 fully saturated rings. The zero-order valence-electron chi connectivity index (χ0n) is 11.1. The summed E-state index contributed by atoms with van der Waals surface area (Å²) in [7, 11) is 0. The van der Waals surface area contributed by atoms with Crippen molar-refractivity contribution in [3.05, 3.63) is 35.4 Å². The minimum absolute atomic E-state index is 0.0591. The van der Waals surface area contributed by atoms with Crippen molar-refractivity contribution < 1.29 is 5.11 Å². The highest BCUT2D eigenvalue weighted by Gasteiger charge is 2.34. The number of aliphatic hydroxyl groups excluding tert-OH is 1. The molecule has 2 heteroatoms. The van der Waals surface area contributed by atoms with E-state index in [0.29, 0.717) is 0 Å². The first-order valence-corrected chi connectivity index (χ1v) is 6.41. The Morgan fingerprint density at radius 2 is 1.88 bits per heavy atom. The maximum atomic E-state index is 9.66. The molecular weight excluding hydrogens is 210 g/mol. The van der Waals surface area contributed by atoms with Crippen LogP contribution in [0.1, 0.15) is 38.3 Å². The van der Waals surface area contributed by atoms with E-state index in [4.69, 9.17) is 0 Å². The van der Waals surface area contributed by atoms with Gasteiger partial charge in [0.2, 0.25) is 0 Å². The summed E-state index contributed by atoms with van der Waals surface area (Å²) < 4.78 is 0. The van der Waals surface area contributed by atoms with Crippen molar-refractivity contribution in [3.63, 3.8) is 0 Å². The molecule has 0 spiro atoms. The van der Waals surface area contributed by atoms with E-state index in [9.17, 15) is 5.11 Å². The lowest BCUT2D eigenvalue weighted by atomic mass is 9.78. The molecule has 1 aromatic rings. The molecule has 1 unspecified atom stereocenters. The molecule has 0 radical (unpaired) electrons. The van der Waals surface area contributed by atoms with Crippen molar-refractivity contribution in [2.45, 2.75) is 38.0 Å². The van der Waals surface area contributed by atoms with Crippen molar-refractivity contribution in [1.82, 2.24) is 5.32 Å². The second-order valence-corrected chi connectivity index (χ2v) is 6.19. The SMILES string of the molecule is CC(C)(C)c1ccc(C2(CO)CCNC2)cc1. The topological polar surface area (TPSA) is 32.3 Å². The van der Waals surface area contributed by atoms with Gasteiger partial charge in [0.1, 0.15) is 0 Å². The third-order valence-corrected chi connectivity index (χ3v) is 3.91. The Bertz CT molecular complexity index is 369. The van der Waals surface area contributed by atoms with Crippen LogP contribution in [0.3, 0.4) is 0 Å². The molecule has 0 amide bonds. The number of nitrogens with one attached hydrogen (secondary N) is 1. The van der Waals surface area contributed by atoms with Crippen LogP contribution in [0.2, 0.25) is 0 Å². The summed E-state index contributed by atoms with van der Waals surface area (Å²) in [4.78, 5) is 0. The van der Waals surface area contributed by atoms with Crippen LogP contribution in [0.15, 0.2) is 24.3 Å². The number of benzene rings is 1. The normalized spacial score (nSPS) is 25.2. The smallest absolute Gasteiger partial charge is 0.0540 e. The Balaban J connectivity index is 2.28. The fourth-order valence-electron chi connectivity index (χ4n) is 2.54. The Morgan fingerprint density at radius 3 is 2.29 bits per heavy atom. The molecule has 17 heavy (non-hydrogen) atoms. The van der Waals surface area contributed by atoms with Gasteiger partial charge in [-0.25, -0.2) is 0 Å². The first-order valence-electron chi connectivity index (χ1n) is 6.41. The zero-order chi connectivity index (χ0) is 12.5. The number of rotatable bonds is 2. The predicted octanol–water partition coefficient (Wildman–Crippen LogP) is 2.21. The van der Waals surface area contributed by atoms with E-state index in [-0.39, 0.29) is 17.4 Å². The van der Waals surface area contributed by atoms with E-state index in [0.717, 1.165) is 19.5 Å². The lowest BCUT2D eigenvalue weighted by Gasteiger charge is -2.27. The summed E-state index contributed by atoms with van der Waals surface area (Å²) in [6.45, 7) is 8.79. The summed E-state index contributed by atoms with van der Waals surface area (Å²) in [5.74, 6) is 0. The van der Waals surface area contributed by atoms with Crippen LogP contribution in [-0.4, -0.2) is 24.8 Å². The second-order valence-electron chi connectivity index (χ2n) is 6.19. The predicted molar refractivity (Wildman–Crippen MR) is 71.4 cm³/mol. The van der Waals surface area contributed by atoms with E-state index < -0.39 is 0 Å². The van der Waals surface area contributed by atoms with Crippen molar-refractivity contribution >= 4 is 0 Å². The summed E-state index contributed by atoms with van der Waals surface area (Å²) in [5.41, 5.74) is 2.74. The van der Waals surface area contributed by atoms with Crippen LogP contribution in [-0.2, 0) is 10.8 Å². The molecule has 1 atom stereocenters. The molecule has 0 saturated carbocycles. The summed E-state index contributed by atoms with van der Waals surface area (Å²) in [5, 5.41) is 13.0. The molecule has 94 valence electrons. The fourth-order valence-corrected chi connectivity index (χ4v) is 2.54. The maximum absolute atomic E-state index is 9.66. The van der Waals surface area contributed by atoms with Gasteiger partial charge in [-0.15, -0.1) is 0 Å². The largest absolute Gasteiger partial charge is 0.395 e. The number of hydrogen-bond donors (Lipinski definition) is 2. The van der Waals surface area contributed by atoms with Crippen molar-refractivity contribution in [2.75, 3.05) is 19.7 Å². The van der Waals surface area contributed by atoms with Gasteiger partial charge in [-0.05, 0) is 29.5 Å². The van der Waals surface area contributed by atoms with Crippen molar-refractivity contribution in [3.8, 4) is 0 Å². The van der Waals surface area contributed by atoms with Crippen molar-refractivity contribution in [2.24, 2.45) is 0 Å². The van der Waals surface area contributed by atoms with Crippen LogP contribution in [0.5, 0.6) is 0 Å². The molecule has 1 aliphatic heterocycles. The maximum Gasteiger partial charge on any atom is 0.0540 e. The quantitative estimate of drug-likeness (QED) is 0.821. The van der Waals surface area contributed by atoms with E-state index in [2.05, 4.69) is 50.4 Å². The summed E-state index contributed by atoms with van der Waals surface area (Å²) in [6.07, 6.45) is 1.03. The van der Waals surface area contributed by atoms with Gasteiger partial charge < -0.3 is 10.4 Å². The molecule has 1 heterocycles. The molecule has 0 aromatic heterocycles. The summed E-state index contributed by atoms with van der Waals surface area (Å²) in [6, 6.07) is 8.77. The van der Waals surface area contributed by atoms with Crippen molar-refractivity contribution in [1.29, 1.82) is 0 Å². The average molecular weight is 233 g/mol. The van der Waals surface area contributed by atoms with Gasteiger partial charge in [0.25, 0.3) is 0 Å². The van der Waals surface area contributed by atoms with Gasteiger partial charge in [-0.2, -0.15) is 0 Å². The van der Waals surface area contributed by atoms with Crippen LogP contribution in [0, 0.1) is 0 Å². The molecule has 2 nitrogen and oxygen atoms in total. The van der Waals surface area contributed by atoms with Gasteiger partial charge in [-0.1, -0.05) is 45.0 Å². The van der Waals surface area contributed by atoms with Gasteiger partial charge in [0.05, 0.1) is 6.61 Å². The second kappa shape index (κ2) is 4.43. The molecule has 0 aliphatic carbocycles. The molecule has 1 aromatic carbocycles. The van der Waals surface area contributed by atoms with Gasteiger partial charge in [0.15, 0.2) is 0 Å². The van der Waals surface area contributed by atoms with E-state index >= 15 is 0 Å². The van der Waals surface area contributed by atoms with Crippen LogP contribution < -0.4 is 5.32 Å². The van der Waals surface area contributed by atoms with Crippen LogP contribution in [0.25, 0.3) is 0 Å². The Labute approximate surface area is 104 Å². The van der Waals surface area contributed by atoms with Gasteiger partial charge in [0, 0.05) is 12.0 Å². The average Bonchev–Trinajstić information content (AvgIpc) is 2.78. The molecule has 2 rings (SSSR count). The summed E-state index contributed by atoms with van der Waals surface area (Å²) >= 11 is 0. The standard InChI is InChI=1S/C15H23NO/c1-14(2,3)12-4-6-13(7-5-12)15(11-17)8-9-16-10-15/h4-7,16-17H,8-11H2,1-3H3. The highest BCUT2D eigenvalue weighted by atomic mass is 16.3. The van der Waals surface area contributed by atoms with E-state index in [1.807, 2.05) is 0 Å². The lowest BCUT2D eigenvalue weighted by Crippen LogP contribution is -2.33. The van der Waals surface area contributed by atoms with Gasteiger partial charge in [-0.3, -0.25) is 0 Å².